The lowest BCUT2D eigenvalue weighted by Gasteiger charge is -2.12. The molecule has 0 aliphatic carbocycles. The summed E-state index contributed by atoms with van der Waals surface area (Å²) in [4.78, 5) is 10.6. The van der Waals surface area contributed by atoms with Crippen LogP contribution in [0.4, 0.5) is 4.39 Å². The molecule has 0 saturated carbocycles. The Morgan fingerprint density at radius 2 is 2.29 bits per heavy atom. The number of ether oxygens (including phenoxy) is 1. The number of benzene rings is 1. The molecule has 0 saturated heterocycles. The zero-order valence-corrected chi connectivity index (χ0v) is 7.53. The topological polar surface area (TPSA) is 72.5 Å². The van der Waals surface area contributed by atoms with Crippen molar-refractivity contribution in [2.24, 2.45) is 5.73 Å². The van der Waals surface area contributed by atoms with Crippen molar-refractivity contribution in [1.82, 2.24) is 0 Å². The second kappa shape index (κ2) is 4.06. The minimum atomic E-state index is -1.28. The van der Waals surface area contributed by atoms with Gasteiger partial charge >= 0.3 is 5.97 Å². The first-order chi connectivity index (χ1) is 6.57. The fourth-order valence-electron chi connectivity index (χ4n) is 1.12. The van der Waals surface area contributed by atoms with Gasteiger partial charge in [0.2, 0.25) is 0 Å². The Balaban J connectivity index is 3.20. The first-order valence-corrected chi connectivity index (χ1v) is 3.88. The molecule has 1 atom stereocenters. The van der Waals surface area contributed by atoms with Crippen LogP contribution in [-0.2, 0) is 4.79 Å². The third-order valence-electron chi connectivity index (χ3n) is 1.80. The second-order valence-corrected chi connectivity index (χ2v) is 2.68. The standard InChI is InChI=1S/C9H10FNO3/c1-14-8-5(7(11)9(12)13)3-2-4-6(8)10/h2-4,7H,11H2,1H3,(H,12,13)/t7-/m1/s1. The maximum atomic E-state index is 13.1. The van der Waals surface area contributed by atoms with Crippen molar-refractivity contribution in [1.29, 1.82) is 0 Å². The lowest BCUT2D eigenvalue weighted by atomic mass is 10.1. The number of hydrogen-bond acceptors (Lipinski definition) is 3. The van der Waals surface area contributed by atoms with Crippen molar-refractivity contribution in [2.45, 2.75) is 6.04 Å². The highest BCUT2D eigenvalue weighted by molar-refractivity contribution is 5.76. The fourth-order valence-corrected chi connectivity index (χ4v) is 1.12. The number of carboxylic acid groups (broad SMARTS) is 1. The third-order valence-corrected chi connectivity index (χ3v) is 1.80. The van der Waals surface area contributed by atoms with E-state index in [4.69, 9.17) is 15.6 Å². The molecule has 14 heavy (non-hydrogen) atoms. The number of rotatable bonds is 3. The largest absolute Gasteiger partial charge is 0.493 e. The van der Waals surface area contributed by atoms with Gasteiger partial charge in [-0.2, -0.15) is 0 Å². The van der Waals surface area contributed by atoms with Crippen LogP contribution in [0.25, 0.3) is 0 Å². The Morgan fingerprint density at radius 1 is 1.64 bits per heavy atom. The summed E-state index contributed by atoms with van der Waals surface area (Å²) in [5.74, 6) is -1.97. The summed E-state index contributed by atoms with van der Waals surface area (Å²) < 4.78 is 17.8. The quantitative estimate of drug-likeness (QED) is 0.759. The van der Waals surface area contributed by atoms with E-state index < -0.39 is 17.8 Å². The summed E-state index contributed by atoms with van der Waals surface area (Å²) in [6, 6.07) is 2.70. The third kappa shape index (κ3) is 1.82. The van der Waals surface area contributed by atoms with E-state index in [0.29, 0.717) is 0 Å². The number of carboxylic acids is 1. The molecule has 0 aliphatic rings. The van der Waals surface area contributed by atoms with Crippen LogP contribution in [0, 0.1) is 5.82 Å². The molecule has 0 aromatic heterocycles. The van der Waals surface area contributed by atoms with E-state index in [1.54, 1.807) is 0 Å². The highest BCUT2D eigenvalue weighted by Crippen LogP contribution is 2.26. The Kier molecular flexibility index (Phi) is 3.03. The lowest BCUT2D eigenvalue weighted by Crippen LogP contribution is -2.21. The monoisotopic (exact) mass is 199 g/mol. The number of hydrogen-bond donors (Lipinski definition) is 2. The van der Waals surface area contributed by atoms with Gasteiger partial charge < -0.3 is 15.6 Å². The van der Waals surface area contributed by atoms with Crippen molar-refractivity contribution in [3.05, 3.63) is 29.6 Å². The number of methoxy groups -OCH3 is 1. The summed E-state index contributed by atoms with van der Waals surface area (Å²) >= 11 is 0. The van der Waals surface area contributed by atoms with E-state index >= 15 is 0 Å². The van der Waals surface area contributed by atoms with Crippen molar-refractivity contribution in [2.75, 3.05) is 7.11 Å². The van der Waals surface area contributed by atoms with Crippen molar-refractivity contribution < 1.29 is 19.0 Å². The van der Waals surface area contributed by atoms with Crippen molar-refractivity contribution in [3.63, 3.8) is 0 Å². The smallest absolute Gasteiger partial charge is 0.325 e. The molecule has 0 aliphatic heterocycles. The first-order valence-electron chi connectivity index (χ1n) is 3.88. The van der Waals surface area contributed by atoms with Crippen LogP contribution in [-0.4, -0.2) is 18.2 Å². The predicted molar refractivity (Wildman–Crippen MR) is 47.5 cm³/mol. The van der Waals surface area contributed by atoms with Gasteiger partial charge in [-0.3, -0.25) is 4.79 Å². The van der Waals surface area contributed by atoms with Crippen LogP contribution >= 0.6 is 0 Å². The molecule has 1 rings (SSSR count). The molecule has 0 spiro atoms. The van der Waals surface area contributed by atoms with Crippen molar-refractivity contribution in [3.8, 4) is 5.75 Å². The van der Waals surface area contributed by atoms with Gasteiger partial charge in [-0.25, -0.2) is 4.39 Å². The van der Waals surface area contributed by atoms with Crippen LogP contribution in [0.15, 0.2) is 18.2 Å². The van der Waals surface area contributed by atoms with Gasteiger partial charge in [-0.05, 0) is 6.07 Å². The van der Waals surface area contributed by atoms with Crippen LogP contribution in [0.1, 0.15) is 11.6 Å². The van der Waals surface area contributed by atoms with Crippen molar-refractivity contribution >= 4 is 5.97 Å². The first kappa shape index (κ1) is 10.5. The second-order valence-electron chi connectivity index (χ2n) is 2.68. The molecule has 0 bridgehead atoms. The number of carbonyl (C=O) groups is 1. The summed E-state index contributed by atoms with van der Waals surface area (Å²) in [5.41, 5.74) is 5.46. The highest BCUT2D eigenvalue weighted by Gasteiger charge is 2.20. The lowest BCUT2D eigenvalue weighted by molar-refractivity contribution is -0.138. The molecular weight excluding hydrogens is 189 g/mol. The predicted octanol–water partition coefficient (Wildman–Crippen LogP) is 0.919. The van der Waals surface area contributed by atoms with Crippen LogP contribution in [0.2, 0.25) is 0 Å². The Morgan fingerprint density at radius 3 is 2.79 bits per heavy atom. The van der Waals surface area contributed by atoms with E-state index in [1.807, 2.05) is 0 Å². The normalized spacial score (nSPS) is 12.2. The zero-order chi connectivity index (χ0) is 10.7. The van der Waals surface area contributed by atoms with Gasteiger partial charge in [0, 0.05) is 5.56 Å². The summed E-state index contributed by atoms with van der Waals surface area (Å²) in [6.07, 6.45) is 0. The summed E-state index contributed by atoms with van der Waals surface area (Å²) in [5, 5.41) is 8.64. The molecule has 4 nitrogen and oxygen atoms in total. The summed E-state index contributed by atoms with van der Waals surface area (Å²) in [6.45, 7) is 0. The van der Waals surface area contributed by atoms with E-state index in [0.717, 1.165) is 0 Å². The van der Waals surface area contributed by atoms with E-state index in [1.165, 1.54) is 25.3 Å². The molecule has 0 radical (unpaired) electrons. The van der Waals surface area contributed by atoms with Crippen LogP contribution < -0.4 is 10.5 Å². The number of aliphatic carboxylic acids is 1. The van der Waals surface area contributed by atoms with Crippen LogP contribution in [0.3, 0.4) is 0 Å². The number of halogens is 1. The van der Waals surface area contributed by atoms with Gasteiger partial charge in [-0.1, -0.05) is 12.1 Å². The fraction of sp³-hybridized carbons (Fsp3) is 0.222. The average Bonchev–Trinajstić information content (AvgIpc) is 2.16. The highest BCUT2D eigenvalue weighted by atomic mass is 19.1. The molecule has 0 fully saturated rings. The Bertz CT molecular complexity index is 354. The van der Waals surface area contributed by atoms with Gasteiger partial charge in [0.05, 0.1) is 7.11 Å². The maximum absolute atomic E-state index is 13.1. The summed E-state index contributed by atoms with van der Waals surface area (Å²) in [7, 11) is 1.26. The minimum absolute atomic E-state index is 0.123. The molecule has 0 unspecified atom stereocenters. The molecule has 5 heteroatoms. The minimum Gasteiger partial charge on any atom is -0.493 e. The number of nitrogens with two attached hydrogens (primary N) is 1. The molecule has 0 amide bonds. The zero-order valence-electron chi connectivity index (χ0n) is 7.53. The van der Waals surface area contributed by atoms with E-state index in [2.05, 4.69) is 0 Å². The van der Waals surface area contributed by atoms with Gasteiger partial charge in [0.1, 0.15) is 6.04 Å². The Hall–Kier alpha value is -1.62. The molecular formula is C9H10FNO3. The Labute approximate surface area is 80.1 Å². The molecule has 1 aromatic rings. The molecule has 76 valence electrons. The molecule has 0 heterocycles. The van der Waals surface area contributed by atoms with Gasteiger partial charge in [-0.15, -0.1) is 0 Å². The maximum Gasteiger partial charge on any atom is 0.325 e. The van der Waals surface area contributed by atoms with Gasteiger partial charge in [0.25, 0.3) is 0 Å². The van der Waals surface area contributed by atoms with Crippen LogP contribution in [0.5, 0.6) is 5.75 Å². The number of para-hydroxylation sites is 1. The SMILES string of the molecule is COc1c(F)cccc1[C@@H](N)C(=O)O. The molecule has 1 aromatic carbocycles. The molecule has 3 N–H and O–H groups in total. The van der Waals surface area contributed by atoms with Gasteiger partial charge in [0.15, 0.2) is 11.6 Å². The van der Waals surface area contributed by atoms with E-state index in [9.17, 15) is 9.18 Å². The van der Waals surface area contributed by atoms with E-state index in [-0.39, 0.29) is 11.3 Å². The average molecular weight is 199 g/mol.